The third kappa shape index (κ3) is 2.22. The molecule has 1 aromatic heterocycles. The number of aromatic nitrogens is 3. The molecule has 0 N–H and O–H groups in total. The van der Waals surface area contributed by atoms with Gasteiger partial charge < -0.3 is 4.74 Å². The Morgan fingerprint density at radius 3 is 2.67 bits per heavy atom. The van der Waals surface area contributed by atoms with E-state index in [1.165, 1.54) is 11.9 Å². The molecule has 0 fully saturated rings. The van der Waals surface area contributed by atoms with E-state index in [9.17, 15) is 4.79 Å². The van der Waals surface area contributed by atoms with Gasteiger partial charge in [0.05, 0.1) is 18.5 Å². The van der Waals surface area contributed by atoms with Crippen molar-refractivity contribution in [1.82, 2.24) is 15.0 Å². The lowest BCUT2D eigenvalue weighted by Gasteiger charge is -2.02. The minimum atomic E-state index is -0.503. The zero-order valence-electron chi connectivity index (χ0n) is 10.3. The summed E-state index contributed by atoms with van der Waals surface area (Å²) in [6, 6.07) is 5.45. The second-order valence-corrected chi connectivity index (χ2v) is 4.26. The average molecular weight is 266 g/mol. The van der Waals surface area contributed by atoms with Gasteiger partial charge in [-0.25, -0.2) is 4.79 Å². The summed E-state index contributed by atoms with van der Waals surface area (Å²) in [5.74, 6) is -0.503. The number of rotatable bonds is 2. The second kappa shape index (κ2) is 4.78. The summed E-state index contributed by atoms with van der Waals surface area (Å²) in [5.41, 5.74) is 2.38. The van der Waals surface area contributed by atoms with Crippen molar-refractivity contribution in [1.29, 1.82) is 0 Å². The van der Waals surface area contributed by atoms with Crippen LogP contribution >= 0.6 is 11.6 Å². The first-order chi connectivity index (χ1) is 8.52. The van der Waals surface area contributed by atoms with Crippen LogP contribution < -0.4 is 0 Å². The van der Waals surface area contributed by atoms with Gasteiger partial charge >= 0.3 is 5.97 Å². The molecule has 1 aromatic carbocycles. The molecule has 0 aliphatic heterocycles. The largest absolute Gasteiger partial charge is 0.464 e. The fourth-order valence-electron chi connectivity index (χ4n) is 1.49. The molecule has 18 heavy (non-hydrogen) atoms. The van der Waals surface area contributed by atoms with E-state index in [1.807, 2.05) is 19.1 Å². The number of esters is 1. The summed E-state index contributed by atoms with van der Waals surface area (Å²) in [7, 11) is 1.31. The smallest absolute Gasteiger partial charge is 0.360 e. The summed E-state index contributed by atoms with van der Waals surface area (Å²) in [6.07, 6.45) is 0. The van der Waals surface area contributed by atoms with Crippen molar-refractivity contribution in [3.63, 3.8) is 0 Å². The Morgan fingerprint density at radius 1 is 1.33 bits per heavy atom. The van der Waals surface area contributed by atoms with Crippen LogP contribution in [0.15, 0.2) is 18.2 Å². The maximum Gasteiger partial charge on any atom is 0.360 e. The van der Waals surface area contributed by atoms with Crippen molar-refractivity contribution >= 4 is 17.6 Å². The number of carbonyl (C=O) groups excluding carboxylic acids is 1. The fraction of sp³-hybridized carbons (Fsp3) is 0.250. The van der Waals surface area contributed by atoms with Gasteiger partial charge in [0.2, 0.25) is 0 Å². The first-order valence-corrected chi connectivity index (χ1v) is 5.69. The number of aryl methyl sites for hydroxylation is 2. The van der Waals surface area contributed by atoms with E-state index in [0.717, 1.165) is 5.56 Å². The Bertz CT molecular complexity index is 607. The summed E-state index contributed by atoms with van der Waals surface area (Å²) >= 11 is 6.04. The van der Waals surface area contributed by atoms with Gasteiger partial charge in [-0.1, -0.05) is 17.7 Å². The van der Waals surface area contributed by atoms with Gasteiger partial charge in [0.25, 0.3) is 0 Å². The van der Waals surface area contributed by atoms with Crippen LogP contribution in [0.2, 0.25) is 5.02 Å². The van der Waals surface area contributed by atoms with Crippen molar-refractivity contribution < 1.29 is 9.53 Å². The van der Waals surface area contributed by atoms with Gasteiger partial charge in [0.15, 0.2) is 5.69 Å². The topological polar surface area (TPSA) is 57.0 Å². The van der Waals surface area contributed by atoms with Gasteiger partial charge in [-0.2, -0.15) is 9.90 Å². The zero-order valence-corrected chi connectivity index (χ0v) is 11.0. The molecular weight excluding hydrogens is 254 g/mol. The maximum atomic E-state index is 11.4. The van der Waals surface area contributed by atoms with Crippen LogP contribution in [0.4, 0.5) is 0 Å². The Morgan fingerprint density at radius 2 is 2.06 bits per heavy atom. The molecule has 0 saturated carbocycles. The number of hydrogen-bond acceptors (Lipinski definition) is 4. The number of ether oxygens (including phenoxy) is 1. The first kappa shape index (κ1) is 12.6. The monoisotopic (exact) mass is 265 g/mol. The van der Waals surface area contributed by atoms with E-state index in [4.69, 9.17) is 11.6 Å². The standard InChI is InChI=1S/C12H12ClN3O2/c1-7-4-5-9(6-10(7)13)16-14-8(2)11(15-16)12(17)18-3/h4-6H,1-3H3. The summed E-state index contributed by atoms with van der Waals surface area (Å²) in [6.45, 7) is 3.61. The van der Waals surface area contributed by atoms with Gasteiger partial charge in [0.1, 0.15) is 0 Å². The molecule has 0 spiro atoms. The predicted octanol–water partition coefficient (Wildman–Crippen LogP) is 2.32. The molecule has 0 aliphatic rings. The summed E-state index contributed by atoms with van der Waals surface area (Å²) in [5, 5.41) is 8.89. The van der Waals surface area contributed by atoms with Crippen LogP contribution in [0.3, 0.4) is 0 Å². The third-order valence-corrected chi connectivity index (χ3v) is 2.95. The van der Waals surface area contributed by atoms with E-state index in [0.29, 0.717) is 16.4 Å². The van der Waals surface area contributed by atoms with Crippen LogP contribution in [0.1, 0.15) is 21.7 Å². The van der Waals surface area contributed by atoms with Gasteiger partial charge in [-0.3, -0.25) is 0 Å². The van der Waals surface area contributed by atoms with E-state index >= 15 is 0 Å². The number of methoxy groups -OCH3 is 1. The highest BCUT2D eigenvalue weighted by atomic mass is 35.5. The van der Waals surface area contributed by atoms with Crippen molar-refractivity contribution in [2.75, 3.05) is 7.11 Å². The normalized spacial score (nSPS) is 10.4. The Kier molecular flexibility index (Phi) is 3.34. The fourth-order valence-corrected chi connectivity index (χ4v) is 1.66. The molecule has 0 saturated heterocycles. The second-order valence-electron chi connectivity index (χ2n) is 3.85. The molecule has 0 atom stereocenters. The molecule has 0 amide bonds. The lowest BCUT2D eigenvalue weighted by Crippen LogP contribution is -2.05. The van der Waals surface area contributed by atoms with Crippen molar-refractivity contribution in [2.24, 2.45) is 0 Å². The Hall–Kier alpha value is -1.88. The highest BCUT2D eigenvalue weighted by molar-refractivity contribution is 6.31. The van der Waals surface area contributed by atoms with E-state index in [1.54, 1.807) is 13.0 Å². The molecule has 5 nitrogen and oxygen atoms in total. The molecule has 1 heterocycles. The van der Waals surface area contributed by atoms with E-state index in [2.05, 4.69) is 14.9 Å². The number of benzene rings is 1. The lowest BCUT2D eigenvalue weighted by atomic mass is 10.2. The minimum absolute atomic E-state index is 0.203. The molecule has 0 radical (unpaired) electrons. The zero-order chi connectivity index (χ0) is 13.3. The molecule has 94 valence electrons. The number of carbonyl (C=O) groups is 1. The molecule has 0 bridgehead atoms. The molecule has 0 unspecified atom stereocenters. The van der Waals surface area contributed by atoms with Gasteiger partial charge in [-0.05, 0) is 31.5 Å². The van der Waals surface area contributed by atoms with Crippen LogP contribution in [0, 0.1) is 13.8 Å². The van der Waals surface area contributed by atoms with Crippen molar-refractivity contribution in [2.45, 2.75) is 13.8 Å². The van der Waals surface area contributed by atoms with Crippen LogP contribution in [-0.4, -0.2) is 28.1 Å². The predicted molar refractivity (Wildman–Crippen MR) is 67.2 cm³/mol. The summed E-state index contributed by atoms with van der Waals surface area (Å²) in [4.78, 5) is 12.8. The average Bonchev–Trinajstić information content (AvgIpc) is 2.74. The van der Waals surface area contributed by atoms with Crippen LogP contribution in [-0.2, 0) is 4.74 Å². The SMILES string of the molecule is COC(=O)c1nn(-c2ccc(C)c(Cl)c2)nc1C. The number of halogens is 1. The Labute approximate surface area is 109 Å². The quantitative estimate of drug-likeness (QED) is 0.782. The highest BCUT2D eigenvalue weighted by Crippen LogP contribution is 2.19. The lowest BCUT2D eigenvalue weighted by molar-refractivity contribution is 0.0592. The molecule has 2 rings (SSSR count). The minimum Gasteiger partial charge on any atom is -0.464 e. The number of hydrogen-bond donors (Lipinski definition) is 0. The summed E-state index contributed by atoms with van der Waals surface area (Å²) < 4.78 is 4.63. The molecule has 2 aromatic rings. The van der Waals surface area contributed by atoms with E-state index in [-0.39, 0.29) is 5.69 Å². The third-order valence-electron chi connectivity index (χ3n) is 2.55. The van der Waals surface area contributed by atoms with Crippen molar-refractivity contribution in [3.05, 3.63) is 40.2 Å². The van der Waals surface area contributed by atoms with Gasteiger partial charge in [0, 0.05) is 5.02 Å². The van der Waals surface area contributed by atoms with Crippen molar-refractivity contribution in [3.8, 4) is 5.69 Å². The number of nitrogens with zero attached hydrogens (tertiary/aromatic N) is 3. The molecule has 6 heteroatoms. The van der Waals surface area contributed by atoms with Gasteiger partial charge in [-0.15, -0.1) is 5.10 Å². The Balaban J connectivity index is 2.45. The first-order valence-electron chi connectivity index (χ1n) is 5.31. The van der Waals surface area contributed by atoms with Crippen LogP contribution in [0.5, 0.6) is 0 Å². The maximum absolute atomic E-state index is 11.4. The molecular formula is C12H12ClN3O2. The van der Waals surface area contributed by atoms with E-state index < -0.39 is 5.97 Å². The highest BCUT2D eigenvalue weighted by Gasteiger charge is 2.16. The molecule has 0 aliphatic carbocycles. The van der Waals surface area contributed by atoms with Crippen LogP contribution in [0.25, 0.3) is 5.69 Å².